The normalized spacial score (nSPS) is 14.5. The number of hydrogen-bond acceptors (Lipinski definition) is 4. The molecule has 5 nitrogen and oxygen atoms in total. The summed E-state index contributed by atoms with van der Waals surface area (Å²) in [6.07, 6.45) is 0.898. The van der Waals surface area contributed by atoms with Gasteiger partial charge in [-0.25, -0.2) is 4.39 Å². The van der Waals surface area contributed by atoms with Gasteiger partial charge in [0.15, 0.2) is 0 Å². The molecule has 1 heterocycles. The van der Waals surface area contributed by atoms with Gasteiger partial charge < -0.3 is 15.5 Å². The van der Waals surface area contributed by atoms with Gasteiger partial charge in [0.05, 0.1) is 12.2 Å². The highest BCUT2D eigenvalue weighted by atomic mass is 19.1. The fraction of sp³-hybridized carbons (Fsp3) is 0.409. The van der Waals surface area contributed by atoms with E-state index in [9.17, 15) is 9.18 Å². The van der Waals surface area contributed by atoms with E-state index in [1.165, 1.54) is 11.6 Å². The zero-order valence-electron chi connectivity index (χ0n) is 16.3. The quantitative estimate of drug-likeness (QED) is 0.756. The molecule has 0 unspecified atom stereocenters. The molecule has 1 fully saturated rings. The molecule has 1 aliphatic rings. The van der Waals surface area contributed by atoms with Gasteiger partial charge in [0.2, 0.25) is 5.91 Å². The SMILES string of the molecule is NCCN(CCc1ccccc1)CC(=O)N1CCN(c2ccccc2F)CC1. The molecule has 150 valence electrons. The van der Waals surface area contributed by atoms with Crippen molar-refractivity contribution >= 4 is 11.6 Å². The van der Waals surface area contributed by atoms with Crippen LogP contribution in [0.5, 0.6) is 0 Å². The topological polar surface area (TPSA) is 52.8 Å². The van der Waals surface area contributed by atoms with E-state index in [4.69, 9.17) is 5.73 Å². The van der Waals surface area contributed by atoms with E-state index in [0.717, 1.165) is 13.0 Å². The maximum atomic E-state index is 14.0. The van der Waals surface area contributed by atoms with Gasteiger partial charge in [-0.05, 0) is 24.1 Å². The predicted molar refractivity (Wildman–Crippen MR) is 111 cm³/mol. The average Bonchev–Trinajstić information content (AvgIpc) is 2.73. The molecule has 1 saturated heterocycles. The van der Waals surface area contributed by atoms with Crippen LogP contribution in [0.4, 0.5) is 10.1 Å². The number of carbonyl (C=O) groups excluding carboxylic acids is 1. The van der Waals surface area contributed by atoms with Crippen molar-refractivity contribution in [2.75, 3.05) is 57.3 Å². The van der Waals surface area contributed by atoms with Gasteiger partial charge in [-0.2, -0.15) is 0 Å². The van der Waals surface area contributed by atoms with E-state index in [-0.39, 0.29) is 11.7 Å². The minimum Gasteiger partial charge on any atom is -0.366 e. The molecule has 0 spiro atoms. The summed E-state index contributed by atoms with van der Waals surface area (Å²) >= 11 is 0. The summed E-state index contributed by atoms with van der Waals surface area (Å²) in [6.45, 7) is 4.94. The van der Waals surface area contributed by atoms with E-state index in [1.54, 1.807) is 12.1 Å². The van der Waals surface area contributed by atoms with Crippen molar-refractivity contribution in [3.8, 4) is 0 Å². The molecule has 0 saturated carbocycles. The number of amides is 1. The first-order chi connectivity index (χ1) is 13.7. The third-order valence-corrected chi connectivity index (χ3v) is 5.19. The minimum absolute atomic E-state index is 0.120. The third kappa shape index (κ3) is 5.53. The molecule has 0 bridgehead atoms. The molecule has 1 aliphatic heterocycles. The summed E-state index contributed by atoms with van der Waals surface area (Å²) in [5, 5.41) is 0. The highest BCUT2D eigenvalue weighted by Gasteiger charge is 2.23. The van der Waals surface area contributed by atoms with Crippen LogP contribution < -0.4 is 10.6 Å². The third-order valence-electron chi connectivity index (χ3n) is 5.19. The number of carbonyl (C=O) groups is 1. The molecule has 1 amide bonds. The summed E-state index contributed by atoms with van der Waals surface area (Å²) < 4.78 is 14.0. The van der Waals surface area contributed by atoms with Gasteiger partial charge in [0.1, 0.15) is 5.82 Å². The van der Waals surface area contributed by atoms with Crippen molar-refractivity contribution in [1.82, 2.24) is 9.80 Å². The number of rotatable bonds is 8. The minimum atomic E-state index is -0.211. The Morgan fingerprint density at radius 1 is 0.964 bits per heavy atom. The Balaban J connectivity index is 1.49. The zero-order chi connectivity index (χ0) is 19.8. The maximum Gasteiger partial charge on any atom is 0.236 e. The Hall–Kier alpha value is -2.44. The first-order valence-electron chi connectivity index (χ1n) is 9.91. The van der Waals surface area contributed by atoms with Crippen molar-refractivity contribution in [2.24, 2.45) is 5.73 Å². The molecule has 3 rings (SSSR count). The fourth-order valence-corrected chi connectivity index (χ4v) is 3.58. The van der Waals surface area contributed by atoms with Gasteiger partial charge in [0, 0.05) is 45.8 Å². The standard InChI is InChI=1S/C22H29FN4O/c23-20-8-4-5-9-21(20)26-14-16-27(17-15-26)22(28)18-25(13-11-24)12-10-19-6-2-1-3-7-19/h1-9H,10-18,24H2. The second-order valence-corrected chi connectivity index (χ2v) is 7.12. The number of nitrogens with zero attached hydrogens (tertiary/aromatic N) is 3. The van der Waals surface area contributed by atoms with Crippen molar-refractivity contribution in [2.45, 2.75) is 6.42 Å². The van der Waals surface area contributed by atoms with Crippen LogP contribution in [0.1, 0.15) is 5.56 Å². The van der Waals surface area contributed by atoms with Crippen molar-refractivity contribution < 1.29 is 9.18 Å². The Bertz CT molecular complexity index is 747. The van der Waals surface area contributed by atoms with Crippen molar-refractivity contribution in [3.05, 3.63) is 66.0 Å². The second kappa shape index (κ2) is 10.2. The number of anilines is 1. The Labute approximate surface area is 166 Å². The van der Waals surface area contributed by atoms with Crippen LogP contribution in [0.3, 0.4) is 0 Å². The number of piperazine rings is 1. The lowest BCUT2D eigenvalue weighted by molar-refractivity contribution is -0.132. The van der Waals surface area contributed by atoms with Gasteiger partial charge >= 0.3 is 0 Å². The molecule has 0 aromatic heterocycles. The van der Waals surface area contributed by atoms with E-state index < -0.39 is 0 Å². The largest absolute Gasteiger partial charge is 0.366 e. The zero-order valence-corrected chi connectivity index (χ0v) is 16.3. The van der Waals surface area contributed by atoms with E-state index >= 15 is 0 Å². The van der Waals surface area contributed by atoms with E-state index in [0.29, 0.717) is 51.5 Å². The number of nitrogens with two attached hydrogens (primary N) is 1. The number of benzene rings is 2. The van der Waals surface area contributed by atoms with Gasteiger partial charge in [-0.1, -0.05) is 42.5 Å². The maximum absolute atomic E-state index is 14.0. The number of para-hydroxylation sites is 1. The Morgan fingerprint density at radius 3 is 2.32 bits per heavy atom. The molecular formula is C22H29FN4O. The Kier molecular flexibility index (Phi) is 7.39. The highest BCUT2D eigenvalue weighted by molar-refractivity contribution is 5.78. The van der Waals surface area contributed by atoms with Crippen LogP contribution >= 0.6 is 0 Å². The number of hydrogen-bond donors (Lipinski definition) is 1. The smallest absolute Gasteiger partial charge is 0.236 e. The molecule has 28 heavy (non-hydrogen) atoms. The molecule has 2 aromatic carbocycles. The first kappa shape index (κ1) is 20.3. The van der Waals surface area contributed by atoms with Crippen LogP contribution in [0.2, 0.25) is 0 Å². The van der Waals surface area contributed by atoms with Crippen LogP contribution in [-0.2, 0) is 11.2 Å². The van der Waals surface area contributed by atoms with Crippen molar-refractivity contribution in [3.63, 3.8) is 0 Å². The number of halogens is 1. The lowest BCUT2D eigenvalue weighted by Crippen LogP contribution is -2.52. The van der Waals surface area contributed by atoms with Crippen LogP contribution in [-0.4, -0.2) is 68.1 Å². The molecule has 6 heteroatoms. The van der Waals surface area contributed by atoms with Crippen LogP contribution in [0, 0.1) is 5.82 Å². The average molecular weight is 384 g/mol. The molecule has 2 aromatic rings. The monoisotopic (exact) mass is 384 g/mol. The van der Waals surface area contributed by atoms with E-state index in [2.05, 4.69) is 17.0 Å². The van der Waals surface area contributed by atoms with E-state index in [1.807, 2.05) is 34.1 Å². The molecule has 0 atom stereocenters. The fourth-order valence-electron chi connectivity index (χ4n) is 3.58. The first-order valence-corrected chi connectivity index (χ1v) is 9.91. The molecule has 0 aliphatic carbocycles. The van der Waals surface area contributed by atoms with Gasteiger partial charge in [-0.3, -0.25) is 9.69 Å². The van der Waals surface area contributed by atoms with Crippen LogP contribution in [0.15, 0.2) is 54.6 Å². The molecular weight excluding hydrogens is 355 g/mol. The molecule has 2 N–H and O–H groups in total. The summed E-state index contributed by atoms with van der Waals surface area (Å²) in [4.78, 5) is 18.8. The highest BCUT2D eigenvalue weighted by Crippen LogP contribution is 2.20. The summed E-state index contributed by atoms with van der Waals surface area (Å²) in [6, 6.07) is 17.1. The predicted octanol–water partition coefficient (Wildman–Crippen LogP) is 1.98. The van der Waals surface area contributed by atoms with Gasteiger partial charge in [-0.15, -0.1) is 0 Å². The summed E-state index contributed by atoms with van der Waals surface area (Å²) in [7, 11) is 0. The summed E-state index contributed by atoms with van der Waals surface area (Å²) in [5.74, 6) is -0.0907. The van der Waals surface area contributed by atoms with Gasteiger partial charge in [0.25, 0.3) is 0 Å². The molecule has 0 radical (unpaired) electrons. The Morgan fingerprint density at radius 2 is 1.64 bits per heavy atom. The second-order valence-electron chi connectivity index (χ2n) is 7.12. The lowest BCUT2D eigenvalue weighted by Gasteiger charge is -2.37. The van der Waals surface area contributed by atoms with Crippen LogP contribution in [0.25, 0.3) is 0 Å². The summed E-state index contributed by atoms with van der Waals surface area (Å²) in [5.41, 5.74) is 7.61. The van der Waals surface area contributed by atoms with Crippen molar-refractivity contribution in [1.29, 1.82) is 0 Å². The lowest BCUT2D eigenvalue weighted by atomic mass is 10.1.